The molecular weight excluding hydrogens is 438 g/mol. The molecule has 0 saturated heterocycles. The summed E-state index contributed by atoms with van der Waals surface area (Å²) in [4.78, 5) is 11.9. The lowest BCUT2D eigenvalue weighted by Crippen LogP contribution is -2.05. The van der Waals surface area contributed by atoms with E-state index in [1.165, 1.54) is 16.5 Å². The van der Waals surface area contributed by atoms with Crippen LogP contribution in [-0.4, -0.2) is 37.5 Å². The van der Waals surface area contributed by atoms with Gasteiger partial charge in [-0.05, 0) is 79.3 Å². The van der Waals surface area contributed by atoms with Crippen LogP contribution in [0.2, 0.25) is 0 Å². The Morgan fingerprint density at radius 2 is 1.66 bits per heavy atom. The number of fused-ring (bicyclic) bond motifs is 1. The molecule has 0 unspecified atom stereocenters. The standard InChI is InChI=1S/C30H33NO4/c1-3-34-30(32)18-11-24-10-17-29-28(21-24)25(12-9-23-7-5-4-6-8-23)22-31(29)26-13-15-27(16-14-26)35-20-19-33-2/h4-8,10,13-17,21-22H,3,9,11-12,18-20H2,1-2H3. The fourth-order valence-corrected chi connectivity index (χ4v) is 4.26. The van der Waals surface area contributed by atoms with Crippen molar-refractivity contribution >= 4 is 16.9 Å². The topological polar surface area (TPSA) is 49.7 Å². The second kappa shape index (κ2) is 12.2. The van der Waals surface area contributed by atoms with Crippen LogP contribution in [0, 0.1) is 0 Å². The van der Waals surface area contributed by atoms with Crippen molar-refractivity contribution in [1.29, 1.82) is 0 Å². The average Bonchev–Trinajstić information content (AvgIpc) is 3.25. The van der Waals surface area contributed by atoms with Gasteiger partial charge in [0.05, 0.1) is 18.7 Å². The summed E-state index contributed by atoms with van der Waals surface area (Å²) in [6.07, 6.45) is 5.21. The number of hydrogen-bond acceptors (Lipinski definition) is 4. The summed E-state index contributed by atoms with van der Waals surface area (Å²) >= 11 is 0. The zero-order chi connectivity index (χ0) is 24.5. The van der Waals surface area contributed by atoms with E-state index in [0.29, 0.717) is 32.7 Å². The Labute approximate surface area is 207 Å². The minimum Gasteiger partial charge on any atom is -0.491 e. The van der Waals surface area contributed by atoms with E-state index in [1.54, 1.807) is 7.11 Å². The zero-order valence-corrected chi connectivity index (χ0v) is 20.5. The van der Waals surface area contributed by atoms with E-state index in [-0.39, 0.29) is 5.97 Å². The predicted molar refractivity (Wildman–Crippen MR) is 139 cm³/mol. The summed E-state index contributed by atoms with van der Waals surface area (Å²) < 4.78 is 18.1. The van der Waals surface area contributed by atoms with E-state index in [1.807, 2.05) is 25.1 Å². The third kappa shape index (κ3) is 6.52. The van der Waals surface area contributed by atoms with E-state index >= 15 is 0 Å². The van der Waals surface area contributed by atoms with Gasteiger partial charge in [0.1, 0.15) is 12.4 Å². The summed E-state index contributed by atoms with van der Waals surface area (Å²) in [5.41, 5.74) is 6.00. The van der Waals surface area contributed by atoms with Gasteiger partial charge in [-0.3, -0.25) is 4.79 Å². The minimum atomic E-state index is -0.151. The number of nitrogens with zero attached hydrogens (tertiary/aromatic N) is 1. The van der Waals surface area contributed by atoms with Crippen molar-refractivity contribution in [3.8, 4) is 11.4 Å². The van der Waals surface area contributed by atoms with Crippen molar-refractivity contribution in [1.82, 2.24) is 4.57 Å². The lowest BCUT2D eigenvalue weighted by atomic mass is 10.0. The smallest absolute Gasteiger partial charge is 0.306 e. The number of benzene rings is 3. The molecule has 5 nitrogen and oxygen atoms in total. The second-order valence-corrected chi connectivity index (χ2v) is 8.50. The highest BCUT2D eigenvalue weighted by atomic mass is 16.5. The number of aromatic nitrogens is 1. The molecule has 35 heavy (non-hydrogen) atoms. The first-order chi connectivity index (χ1) is 17.2. The molecule has 3 aromatic carbocycles. The fourth-order valence-electron chi connectivity index (χ4n) is 4.26. The minimum absolute atomic E-state index is 0.151. The molecule has 0 amide bonds. The Hall–Kier alpha value is -3.57. The van der Waals surface area contributed by atoms with E-state index in [0.717, 1.165) is 35.4 Å². The van der Waals surface area contributed by atoms with Crippen molar-refractivity contribution in [3.05, 3.63) is 95.7 Å². The molecule has 5 heteroatoms. The molecule has 0 radical (unpaired) electrons. The van der Waals surface area contributed by atoms with Crippen LogP contribution in [0.4, 0.5) is 0 Å². The maximum Gasteiger partial charge on any atom is 0.306 e. The summed E-state index contributed by atoms with van der Waals surface area (Å²) in [6.45, 7) is 3.35. The molecule has 0 saturated carbocycles. The molecule has 0 bridgehead atoms. The average molecular weight is 472 g/mol. The third-order valence-electron chi connectivity index (χ3n) is 6.07. The molecular formula is C30H33NO4. The highest BCUT2D eigenvalue weighted by Gasteiger charge is 2.12. The summed E-state index contributed by atoms with van der Waals surface area (Å²) in [7, 11) is 1.67. The number of carbonyl (C=O) groups excluding carboxylic acids is 1. The molecule has 0 N–H and O–H groups in total. The highest BCUT2D eigenvalue weighted by Crippen LogP contribution is 2.28. The van der Waals surface area contributed by atoms with Gasteiger partial charge < -0.3 is 18.8 Å². The Bertz CT molecular complexity index is 1230. The van der Waals surface area contributed by atoms with E-state index < -0.39 is 0 Å². The highest BCUT2D eigenvalue weighted by molar-refractivity contribution is 5.86. The number of ether oxygens (including phenoxy) is 3. The summed E-state index contributed by atoms with van der Waals surface area (Å²) in [5.74, 6) is 0.676. The van der Waals surface area contributed by atoms with Crippen molar-refractivity contribution in [2.24, 2.45) is 0 Å². The molecule has 1 aromatic heterocycles. The molecule has 0 spiro atoms. The fraction of sp³-hybridized carbons (Fsp3) is 0.300. The number of carbonyl (C=O) groups is 1. The molecule has 1 heterocycles. The van der Waals surface area contributed by atoms with Crippen molar-refractivity contribution in [2.75, 3.05) is 26.9 Å². The first-order valence-corrected chi connectivity index (χ1v) is 12.2. The molecule has 0 fully saturated rings. The van der Waals surface area contributed by atoms with Crippen LogP contribution in [0.3, 0.4) is 0 Å². The summed E-state index contributed by atoms with van der Waals surface area (Å²) in [6, 6.07) is 25.2. The third-order valence-corrected chi connectivity index (χ3v) is 6.07. The normalized spacial score (nSPS) is 11.0. The van der Waals surface area contributed by atoms with Gasteiger partial charge in [0, 0.05) is 30.8 Å². The molecule has 0 aliphatic heterocycles. The van der Waals surface area contributed by atoms with Crippen LogP contribution in [0.25, 0.3) is 16.6 Å². The molecule has 4 rings (SSSR count). The van der Waals surface area contributed by atoms with Gasteiger partial charge in [-0.1, -0.05) is 36.4 Å². The molecule has 0 aliphatic carbocycles. The van der Waals surface area contributed by atoms with E-state index in [2.05, 4.69) is 65.4 Å². The molecule has 182 valence electrons. The van der Waals surface area contributed by atoms with Crippen molar-refractivity contribution < 1.29 is 19.0 Å². The lowest BCUT2D eigenvalue weighted by molar-refractivity contribution is -0.143. The van der Waals surface area contributed by atoms with Crippen LogP contribution in [-0.2, 0) is 33.5 Å². The summed E-state index contributed by atoms with van der Waals surface area (Å²) in [5, 5.41) is 1.22. The number of methoxy groups -OCH3 is 1. The maximum absolute atomic E-state index is 11.9. The SMILES string of the molecule is CCOC(=O)CCc1ccc2c(c1)c(CCc1ccccc1)cn2-c1ccc(OCCOC)cc1. The van der Waals surface area contributed by atoms with Crippen LogP contribution in [0.15, 0.2) is 79.0 Å². The van der Waals surface area contributed by atoms with Crippen molar-refractivity contribution in [2.45, 2.75) is 32.6 Å². The van der Waals surface area contributed by atoms with Crippen molar-refractivity contribution in [3.63, 3.8) is 0 Å². The van der Waals surface area contributed by atoms with E-state index in [4.69, 9.17) is 14.2 Å². The number of esters is 1. The van der Waals surface area contributed by atoms with Gasteiger partial charge in [0.15, 0.2) is 0 Å². The van der Waals surface area contributed by atoms with Gasteiger partial charge in [-0.15, -0.1) is 0 Å². The predicted octanol–water partition coefficient (Wildman–Crippen LogP) is 5.94. The monoisotopic (exact) mass is 471 g/mol. The van der Waals surface area contributed by atoms with Crippen LogP contribution in [0.5, 0.6) is 5.75 Å². The largest absolute Gasteiger partial charge is 0.491 e. The van der Waals surface area contributed by atoms with Gasteiger partial charge in [0.25, 0.3) is 0 Å². The number of hydrogen-bond donors (Lipinski definition) is 0. The molecule has 0 atom stereocenters. The zero-order valence-electron chi connectivity index (χ0n) is 20.5. The van der Waals surface area contributed by atoms with Gasteiger partial charge in [-0.2, -0.15) is 0 Å². The first-order valence-electron chi connectivity index (χ1n) is 12.2. The lowest BCUT2D eigenvalue weighted by Gasteiger charge is -2.09. The van der Waals surface area contributed by atoms with Crippen LogP contribution in [0.1, 0.15) is 30.0 Å². The van der Waals surface area contributed by atoms with Gasteiger partial charge >= 0.3 is 5.97 Å². The maximum atomic E-state index is 11.9. The van der Waals surface area contributed by atoms with Gasteiger partial charge in [-0.25, -0.2) is 0 Å². The van der Waals surface area contributed by atoms with Gasteiger partial charge in [0.2, 0.25) is 0 Å². The molecule has 0 aliphatic rings. The Kier molecular flexibility index (Phi) is 8.58. The number of rotatable bonds is 12. The Morgan fingerprint density at radius 1 is 0.857 bits per heavy atom. The Balaban J connectivity index is 1.61. The van der Waals surface area contributed by atoms with E-state index in [9.17, 15) is 4.79 Å². The molecule has 4 aromatic rings. The second-order valence-electron chi connectivity index (χ2n) is 8.50. The first kappa shape index (κ1) is 24.6. The van der Waals surface area contributed by atoms with Crippen LogP contribution >= 0.6 is 0 Å². The quantitative estimate of drug-likeness (QED) is 0.190. The Morgan fingerprint density at radius 3 is 2.40 bits per heavy atom. The van der Waals surface area contributed by atoms with Crippen LogP contribution < -0.4 is 4.74 Å². The number of aryl methyl sites for hydroxylation is 3.